The van der Waals surface area contributed by atoms with Crippen molar-refractivity contribution in [2.75, 3.05) is 7.05 Å². The van der Waals surface area contributed by atoms with Crippen LogP contribution >= 0.6 is 0 Å². The monoisotopic (exact) mass is 295 g/mol. The van der Waals surface area contributed by atoms with Gasteiger partial charge in [-0.3, -0.25) is 0 Å². The Morgan fingerprint density at radius 3 is 2.57 bits per heavy atom. The summed E-state index contributed by atoms with van der Waals surface area (Å²) in [5, 5.41) is 3.92. The normalized spacial score (nSPS) is 12.7. The minimum absolute atomic E-state index is 0.0861. The number of carbonyl (C=O) groups excluding carboxylic acids is 1. The number of carbonyl (C=O) groups is 1. The Labute approximate surface area is 126 Å². The summed E-state index contributed by atoms with van der Waals surface area (Å²) in [6, 6.07) is -0.0861. The van der Waals surface area contributed by atoms with Gasteiger partial charge in [-0.15, -0.1) is 0 Å². The van der Waals surface area contributed by atoms with Crippen molar-refractivity contribution in [1.82, 2.24) is 15.0 Å². The maximum atomic E-state index is 12.0. The van der Waals surface area contributed by atoms with E-state index in [2.05, 4.69) is 10.1 Å². The molecule has 0 radical (unpaired) electrons. The first-order valence-electron chi connectivity index (χ1n) is 7.02. The van der Waals surface area contributed by atoms with Crippen molar-refractivity contribution in [1.29, 1.82) is 0 Å². The molecule has 0 fully saturated rings. The molecule has 1 amide bonds. The molecule has 0 aliphatic heterocycles. The lowest BCUT2D eigenvalue weighted by Gasteiger charge is -2.28. The Hall–Kier alpha value is -1.85. The predicted octanol–water partition coefficient (Wildman–Crippen LogP) is 3.29. The van der Waals surface area contributed by atoms with E-state index in [1.807, 2.05) is 47.6 Å². The van der Waals surface area contributed by atoms with Gasteiger partial charge in [-0.2, -0.15) is 4.98 Å². The first kappa shape index (κ1) is 17.2. The van der Waals surface area contributed by atoms with Gasteiger partial charge < -0.3 is 14.2 Å². The van der Waals surface area contributed by atoms with Crippen molar-refractivity contribution < 1.29 is 14.1 Å². The highest BCUT2D eigenvalue weighted by atomic mass is 16.6. The van der Waals surface area contributed by atoms with E-state index in [0.717, 1.165) is 5.57 Å². The van der Waals surface area contributed by atoms with E-state index >= 15 is 0 Å². The molecule has 6 nitrogen and oxygen atoms in total. The molecule has 0 aliphatic carbocycles. The molecule has 118 valence electrons. The molecule has 1 aromatic heterocycles. The zero-order chi connectivity index (χ0) is 16.2. The minimum atomic E-state index is -0.506. The van der Waals surface area contributed by atoms with Gasteiger partial charge in [0.05, 0.1) is 0 Å². The van der Waals surface area contributed by atoms with Gasteiger partial charge >= 0.3 is 6.09 Å². The number of amides is 1. The maximum absolute atomic E-state index is 12.0. The number of aromatic nitrogens is 2. The highest BCUT2D eigenvalue weighted by Gasteiger charge is 2.24. The van der Waals surface area contributed by atoms with Gasteiger partial charge in [-0.05, 0) is 41.5 Å². The van der Waals surface area contributed by atoms with Crippen LogP contribution in [0.2, 0.25) is 0 Å². The molecule has 0 saturated heterocycles. The number of hydrogen-bond acceptors (Lipinski definition) is 5. The van der Waals surface area contributed by atoms with Crippen LogP contribution < -0.4 is 0 Å². The summed E-state index contributed by atoms with van der Waals surface area (Å²) in [6.07, 6.45) is 1.97. The third-order valence-electron chi connectivity index (χ3n) is 2.72. The van der Waals surface area contributed by atoms with Gasteiger partial charge in [0.15, 0.2) is 5.82 Å². The molecule has 0 aromatic carbocycles. The summed E-state index contributed by atoms with van der Waals surface area (Å²) in [4.78, 5) is 17.8. The van der Waals surface area contributed by atoms with Gasteiger partial charge in [0.25, 0.3) is 5.89 Å². The fraction of sp³-hybridized carbons (Fsp3) is 0.667. The number of allylic oxidation sites excluding steroid dienone is 1. The zero-order valence-corrected chi connectivity index (χ0v) is 13.9. The SMILES string of the molecule is CC(C)=Cc1nc(C[C@@H](C)N(C)C(=O)OC(C)(C)C)no1. The van der Waals surface area contributed by atoms with Crippen LogP contribution in [-0.2, 0) is 11.2 Å². The molecular formula is C15H25N3O3. The second-order valence-corrected chi connectivity index (χ2v) is 6.41. The van der Waals surface area contributed by atoms with Crippen molar-refractivity contribution in [2.24, 2.45) is 0 Å². The standard InChI is InChI=1S/C15H25N3O3/c1-10(2)8-13-16-12(17-21-13)9-11(3)18(7)14(19)20-15(4,5)6/h8,11H,9H2,1-7H3/t11-/m1/s1. The first-order valence-corrected chi connectivity index (χ1v) is 7.02. The molecule has 1 aromatic rings. The van der Waals surface area contributed by atoms with Gasteiger partial charge in [-0.25, -0.2) is 4.79 Å². The largest absolute Gasteiger partial charge is 0.444 e. The Morgan fingerprint density at radius 1 is 1.43 bits per heavy atom. The molecule has 0 aliphatic rings. The summed E-state index contributed by atoms with van der Waals surface area (Å²) in [6.45, 7) is 11.4. The highest BCUT2D eigenvalue weighted by molar-refractivity contribution is 5.68. The highest BCUT2D eigenvalue weighted by Crippen LogP contribution is 2.13. The number of likely N-dealkylation sites (N-methyl/N-ethyl adjacent to an activating group) is 1. The number of ether oxygens (including phenoxy) is 1. The van der Waals surface area contributed by atoms with Crippen molar-refractivity contribution in [3.63, 3.8) is 0 Å². The van der Waals surface area contributed by atoms with E-state index in [4.69, 9.17) is 9.26 Å². The van der Waals surface area contributed by atoms with Crippen LogP contribution in [0, 0.1) is 0 Å². The fourth-order valence-electron chi connectivity index (χ4n) is 1.57. The second-order valence-electron chi connectivity index (χ2n) is 6.41. The summed E-state index contributed by atoms with van der Waals surface area (Å²) in [5.41, 5.74) is 0.581. The van der Waals surface area contributed by atoms with Crippen LogP contribution in [0.3, 0.4) is 0 Å². The van der Waals surface area contributed by atoms with Crippen molar-refractivity contribution in [2.45, 2.75) is 59.6 Å². The lowest BCUT2D eigenvalue weighted by Crippen LogP contribution is -2.40. The molecule has 0 N–H and O–H groups in total. The average Bonchev–Trinajstić information content (AvgIpc) is 2.72. The Balaban J connectivity index is 2.64. The van der Waals surface area contributed by atoms with Crippen LogP contribution in [0.1, 0.15) is 53.3 Å². The Bertz CT molecular complexity index is 510. The van der Waals surface area contributed by atoms with E-state index in [1.165, 1.54) is 0 Å². The number of nitrogens with zero attached hydrogens (tertiary/aromatic N) is 3. The summed E-state index contributed by atoms with van der Waals surface area (Å²) in [5.74, 6) is 1.06. The number of rotatable bonds is 4. The molecule has 0 unspecified atom stereocenters. The van der Waals surface area contributed by atoms with Gasteiger partial charge in [0, 0.05) is 25.6 Å². The third-order valence-corrected chi connectivity index (χ3v) is 2.72. The molecule has 1 atom stereocenters. The predicted molar refractivity (Wildman–Crippen MR) is 80.8 cm³/mol. The Kier molecular flexibility index (Phi) is 5.52. The van der Waals surface area contributed by atoms with Gasteiger partial charge in [-0.1, -0.05) is 10.7 Å². The maximum Gasteiger partial charge on any atom is 0.410 e. The average molecular weight is 295 g/mol. The molecule has 0 spiro atoms. The molecule has 21 heavy (non-hydrogen) atoms. The van der Waals surface area contributed by atoms with E-state index in [1.54, 1.807) is 11.9 Å². The minimum Gasteiger partial charge on any atom is -0.444 e. The lowest BCUT2D eigenvalue weighted by atomic mass is 10.2. The fourth-order valence-corrected chi connectivity index (χ4v) is 1.57. The van der Waals surface area contributed by atoms with E-state index in [0.29, 0.717) is 18.1 Å². The lowest BCUT2D eigenvalue weighted by molar-refractivity contribution is 0.0234. The molecule has 1 rings (SSSR count). The number of hydrogen-bond donors (Lipinski definition) is 0. The van der Waals surface area contributed by atoms with Crippen LogP contribution in [0.4, 0.5) is 4.79 Å². The van der Waals surface area contributed by atoms with Crippen molar-refractivity contribution >= 4 is 12.2 Å². The van der Waals surface area contributed by atoms with E-state index < -0.39 is 5.60 Å². The van der Waals surface area contributed by atoms with E-state index in [9.17, 15) is 4.79 Å². The smallest absolute Gasteiger partial charge is 0.410 e. The van der Waals surface area contributed by atoms with Crippen LogP contribution in [0.15, 0.2) is 10.1 Å². The van der Waals surface area contributed by atoms with E-state index in [-0.39, 0.29) is 12.1 Å². The molecule has 0 saturated carbocycles. The van der Waals surface area contributed by atoms with Crippen molar-refractivity contribution in [3.8, 4) is 0 Å². The van der Waals surface area contributed by atoms with Crippen LogP contribution in [-0.4, -0.2) is 39.8 Å². The molecule has 6 heteroatoms. The summed E-state index contributed by atoms with van der Waals surface area (Å²) in [7, 11) is 1.70. The quantitative estimate of drug-likeness (QED) is 0.852. The molecule has 1 heterocycles. The summed E-state index contributed by atoms with van der Waals surface area (Å²) >= 11 is 0. The van der Waals surface area contributed by atoms with Crippen LogP contribution in [0.5, 0.6) is 0 Å². The van der Waals surface area contributed by atoms with Crippen LogP contribution in [0.25, 0.3) is 6.08 Å². The van der Waals surface area contributed by atoms with Gasteiger partial charge in [0.1, 0.15) is 5.60 Å². The van der Waals surface area contributed by atoms with Crippen molar-refractivity contribution in [3.05, 3.63) is 17.3 Å². The summed E-state index contributed by atoms with van der Waals surface area (Å²) < 4.78 is 10.5. The van der Waals surface area contributed by atoms with Gasteiger partial charge in [0.2, 0.25) is 0 Å². The molecular weight excluding hydrogens is 270 g/mol. The zero-order valence-electron chi connectivity index (χ0n) is 13.9. The third kappa shape index (κ3) is 5.97. The first-order chi connectivity index (χ1) is 9.58. The Morgan fingerprint density at radius 2 is 2.05 bits per heavy atom. The molecule has 0 bridgehead atoms. The second kappa shape index (κ2) is 6.74. The topological polar surface area (TPSA) is 68.5 Å².